The lowest BCUT2D eigenvalue weighted by Crippen LogP contribution is -2.09. The lowest BCUT2D eigenvalue weighted by molar-refractivity contribution is 0.413. The first-order chi connectivity index (χ1) is 6.19. The second-order valence-electron chi connectivity index (χ2n) is 2.39. The Hall–Kier alpha value is -1.60. The number of nitriles is 1. The van der Waals surface area contributed by atoms with Gasteiger partial charge in [-0.1, -0.05) is 12.2 Å². The summed E-state index contributed by atoms with van der Waals surface area (Å²) < 4.78 is 4.96. The minimum atomic E-state index is 0.277. The van der Waals surface area contributed by atoms with Gasteiger partial charge in [-0.2, -0.15) is 5.26 Å². The third-order valence-electron chi connectivity index (χ3n) is 1.60. The molecule has 1 rings (SSSR count). The van der Waals surface area contributed by atoms with Gasteiger partial charge in [-0.05, 0) is 18.2 Å². The maximum atomic E-state index is 8.74. The minimum absolute atomic E-state index is 0.277. The van der Waals surface area contributed by atoms with Gasteiger partial charge >= 0.3 is 0 Å². The van der Waals surface area contributed by atoms with E-state index in [0.29, 0.717) is 16.9 Å². The maximum absolute atomic E-state index is 8.74. The minimum Gasteiger partial charge on any atom is -0.495 e. The first-order valence-electron chi connectivity index (χ1n) is 3.57. The van der Waals surface area contributed by atoms with Crippen molar-refractivity contribution in [3.8, 4) is 11.8 Å². The molecule has 0 aliphatic carbocycles. The predicted octanol–water partition coefficient (Wildman–Crippen LogP) is 1.20. The van der Waals surface area contributed by atoms with Crippen molar-refractivity contribution >= 4 is 17.2 Å². The first kappa shape index (κ1) is 9.49. The van der Waals surface area contributed by atoms with Crippen molar-refractivity contribution in [1.29, 1.82) is 5.26 Å². The molecule has 2 N–H and O–H groups in total. The van der Waals surface area contributed by atoms with E-state index in [4.69, 9.17) is 28.0 Å². The van der Waals surface area contributed by atoms with Gasteiger partial charge in [-0.15, -0.1) is 0 Å². The van der Waals surface area contributed by atoms with E-state index in [-0.39, 0.29) is 4.99 Å². The van der Waals surface area contributed by atoms with Gasteiger partial charge in [0.1, 0.15) is 16.8 Å². The van der Waals surface area contributed by atoms with Crippen molar-refractivity contribution in [3.63, 3.8) is 0 Å². The normalized spacial score (nSPS) is 8.92. The number of hydrogen-bond donors (Lipinski definition) is 1. The lowest BCUT2D eigenvalue weighted by atomic mass is 10.1. The fourth-order valence-corrected chi connectivity index (χ4v) is 1.08. The number of nitrogens with zero attached hydrogens (tertiary/aromatic N) is 1. The quantitative estimate of drug-likeness (QED) is 0.715. The highest BCUT2D eigenvalue weighted by Crippen LogP contribution is 2.18. The molecule has 0 aliphatic heterocycles. The number of ether oxygens (including phenoxy) is 1. The molecule has 3 nitrogen and oxygen atoms in total. The standard InChI is InChI=1S/C9H8N2OS/c1-12-8-3-2-6(9(11)13)4-7(8)5-10/h2-4H,1H3,(H2,11,13). The van der Waals surface area contributed by atoms with E-state index >= 15 is 0 Å². The monoisotopic (exact) mass is 192 g/mol. The molecule has 0 heterocycles. The third kappa shape index (κ3) is 1.95. The van der Waals surface area contributed by atoms with Crippen LogP contribution in [-0.2, 0) is 0 Å². The van der Waals surface area contributed by atoms with Crippen LogP contribution in [0.5, 0.6) is 5.75 Å². The highest BCUT2D eigenvalue weighted by molar-refractivity contribution is 7.80. The van der Waals surface area contributed by atoms with Crippen molar-refractivity contribution in [2.75, 3.05) is 7.11 Å². The van der Waals surface area contributed by atoms with Crippen LogP contribution < -0.4 is 10.5 Å². The molecular weight excluding hydrogens is 184 g/mol. The van der Waals surface area contributed by atoms with Crippen molar-refractivity contribution in [2.24, 2.45) is 5.73 Å². The molecule has 1 aromatic carbocycles. The summed E-state index contributed by atoms with van der Waals surface area (Å²) in [4.78, 5) is 0.277. The summed E-state index contributed by atoms with van der Waals surface area (Å²) in [5.41, 5.74) is 6.52. The zero-order valence-electron chi connectivity index (χ0n) is 7.07. The van der Waals surface area contributed by atoms with E-state index in [0.717, 1.165) is 0 Å². The molecule has 4 heteroatoms. The van der Waals surface area contributed by atoms with Crippen LogP contribution in [0.15, 0.2) is 18.2 Å². The van der Waals surface area contributed by atoms with E-state index in [1.54, 1.807) is 18.2 Å². The molecule has 0 bridgehead atoms. The van der Waals surface area contributed by atoms with Crippen LogP contribution >= 0.6 is 12.2 Å². The van der Waals surface area contributed by atoms with E-state index < -0.39 is 0 Å². The van der Waals surface area contributed by atoms with Crippen molar-refractivity contribution < 1.29 is 4.74 Å². The summed E-state index contributed by atoms with van der Waals surface area (Å²) in [5.74, 6) is 0.530. The van der Waals surface area contributed by atoms with Gasteiger partial charge < -0.3 is 10.5 Å². The van der Waals surface area contributed by atoms with Crippen molar-refractivity contribution in [2.45, 2.75) is 0 Å². The molecule has 13 heavy (non-hydrogen) atoms. The van der Waals surface area contributed by atoms with Crippen molar-refractivity contribution in [3.05, 3.63) is 29.3 Å². The molecule has 0 saturated heterocycles. The number of rotatable bonds is 2. The highest BCUT2D eigenvalue weighted by Gasteiger charge is 2.04. The van der Waals surface area contributed by atoms with Crippen LogP contribution in [-0.4, -0.2) is 12.1 Å². The molecular formula is C9H8N2OS. The Morgan fingerprint density at radius 1 is 1.62 bits per heavy atom. The Bertz CT molecular complexity index is 382. The zero-order chi connectivity index (χ0) is 9.84. The number of thiocarbonyl (C=S) groups is 1. The number of benzene rings is 1. The molecule has 0 aromatic heterocycles. The molecule has 0 unspecified atom stereocenters. The van der Waals surface area contributed by atoms with Gasteiger partial charge in [-0.3, -0.25) is 0 Å². The summed E-state index contributed by atoms with van der Waals surface area (Å²) in [6.45, 7) is 0. The van der Waals surface area contributed by atoms with Gasteiger partial charge in [0.2, 0.25) is 0 Å². The van der Waals surface area contributed by atoms with Gasteiger partial charge in [0, 0.05) is 5.56 Å². The molecule has 0 fully saturated rings. The van der Waals surface area contributed by atoms with Gasteiger partial charge in [-0.25, -0.2) is 0 Å². The Labute approximate surface area is 81.7 Å². The van der Waals surface area contributed by atoms with Crippen LogP contribution in [0.3, 0.4) is 0 Å². The Morgan fingerprint density at radius 2 is 2.31 bits per heavy atom. The van der Waals surface area contributed by atoms with Gasteiger partial charge in [0.05, 0.1) is 12.7 Å². The predicted molar refractivity (Wildman–Crippen MR) is 53.6 cm³/mol. The Morgan fingerprint density at radius 3 is 2.77 bits per heavy atom. The Balaban J connectivity index is 3.23. The lowest BCUT2D eigenvalue weighted by Gasteiger charge is -2.03. The molecule has 1 aromatic rings. The fraction of sp³-hybridized carbons (Fsp3) is 0.111. The smallest absolute Gasteiger partial charge is 0.136 e. The molecule has 0 aliphatic rings. The van der Waals surface area contributed by atoms with E-state index in [9.17, 15) is 0 Å². The summed E-state index contributed by atoms with van der Waals surface area (Å²) in [5, 5.41) is 8.74. The van der Waals surface area contributed by atoms with Crippen LogP contribution in [0.4, 0.5) is 0 Å². The van der Waals surface area contributed by atoms with Crippen LogP contribution in [0.1, 0.15) is 11.1 Å². The molecule has 0 spiro atoms. The second-order valence-corrected chi connectivity index (χ2v) is 2.83. The highest BCUT2D eigenvalue weighted by atomic mass is 32.1. The molecule has 0 saturated carbocycles. The third-order valence-corrected chi connectivity index (χ3v) is 1.84. The first-order valence-corrected chi connectivity index (χ1v) is 3.98. The topological polar surface area (TPSA) is 59.0 Å². The molecule has 66 valence electrons. The second kappa shape index (κ2) is 3.87. The number of hydrogen-bond acceptors (Lipinski definition) is 3. The largest absolute Gasteiger partial charge is 0.495 e. The van der Waals surface area contributed by atoms with Crippen LogP contribution in [0.2, 0.25) is 0 Å². The zero-order valence-corrected chi connectivity index (χ0v) is 7.89. The average molecular weight is 192 g/mol. The SMILES string of the molecule is COc1ccc(C(N)=S)cc1C#N. The van der Waals surface area contributed by atoms with E-state index in [1.807, 2.05) is 6.07 Å². The van der Waals surface area contributed by atoms with E-state index in [2.05, 4.69) is 0 Å². The average Bonchev–Trinajstić information content (AvgIpc) is 2.16. The van der Waals surface area contributed by atoms with E-state index in [1.165, 1.54) is 7.11 Å². The molecule has 0 radical (unpaired) electrons. The number of methoxy groups -OCH3 is 1. The summed E-state index contributed by atoms with van der Waals surface area (Å²) in [6.07, 6.45) is 0. The summed E-state index contributed by atoms with van der Waals surface area (Å²) in [6, 6.07) is 7.01. The van der Waals surface area contributed by atoms with Crippen molar-refractivity contribution in [1.82, 2.24) is 0 Å². The molecule has 0 amide bonds. The van der Waals surface area contributed by atoms with Crippen LogP contribution in [0.25, 0.3) is 0 Å². The summed E-state index contributed by atoms with van der Waals surface area (Å²) >= 11 is 4.78. The maximum Gasteiger partial charge on any atom is 0.136 e. The van der Waals surface area contributed by atoms with Gasteiger partial charge in [0.25, 0.3) is 0 Å². The fourth-order valence-electron chi connectivity index (χ4n) is 0.949. The van der Waals surface area contributed by atoms with Crippen LogP contribution in [0, 0.1) is 11.3 Å². The summed E-state index contributed by atoms with van der Waals surface area (Å²) in [7, 11) is 1.51. The van der Waals surface area contributed by atoms with Gasteiger partial charge in [0.15, 0.2) is 0 Å². The molecule has 0 atom stereocenters. The number of nitrogens with two attached hydrogens (primary N) is 1. The Kier molecular flexibility index (Phi) is 2.83.